The highest BCUT2D eigenvalue weighted by Gasteiger charge is 2.46. The zero-order valence-electron chi connectivity index (χ0n) is 23.0. The van der Waals surface area contributed by atoms with E-state index < -0.39 is 0 Å². The Bertz CT molecular complexity index is 1420. The molecule has 1 aliphatic carbocycles. The maximum absolute atomic E-state index is 13.5. The molecule has 39 heavy (non-hydrogen) atoms. The molecule has 0 bridgehead atoms. The van der Waals surface area contributed by atoms with Crippen molar-refractivity contribution in [3.63, 3.8) is 0 Å². The Morgan fingerprint density at radius 3 is 2.33 bits per heavy atom. The number of esters is 1. The van der Waals surface area contributed by atoms with Crippen molar-refractivity contribution in [3.05, 3.63) is 101 Å². The summed E-state index contributed by atoms with van der Waals surface area (Å²) in [5, 5.41) is 4.27. The minimum absolute atomic E-state index is 0.0520. The Balaban J connectivity index is 1.25. The summed E-state index contributed by atoms with van der Waals surface area (Å²) in [4.78, 5) is 12.0. The number of hydrogen-bond donors (Lipinski definition) is 0. The average molecular weight is 526 g/mol. The van der Waals surface area contributed by atoms with E-state index in [0.29, 0.717) is 18.9 Å². The number of carbonyl (C=O) groups is 1. The van der Waals surface area contributed by atoms with Gasteiger partial charge in [-0.2, -0.15) is 0 Å². The van der Waals surface area contributed by atoms with Gasteiger partial charge in [0, 0.05) is 16.5 Å². The van der Waals surface area contributed by atoms with Gasteiger partial charge >= 0.3 is 5.97 Å². The molecule has 0 N–H and O–H groups in total. The van der Waals surface area contributed by atoms with Crippen LogP contribution in [0.15, 0.2) is 77.3 Å². The number of rotatable bonds is 11. The quantitative estimate of drug-likeness (QED) is 0.185. The van der Waals surface area contributed by atoms with E-state index in [2.05, 4.69) is 60.6 Å². The van der Waals surface area contributed by atoms with E-state index in [-0.39, 0.29) is 17.2 Å². The molecule has 4 aromatic rings. The molecule has 3 aromatic carbocycles. The van der Waals surface area contributed by atoms with Gasteiger partial charge < -0.3 is 9.26 Å². The molecule has 1 aromatic heterocycles. The van der Waals surface area contributed by atoms with Crippen molar-refractivity contribution in [1.82, 2.24) is 5.16 Å². The first kappa shape index (κ1) is 26.9. The van der Waals surface area contributed by atoms with Crippen LogP contribution in [0.3, 0.4) is 0 Å². The van der Waals surface area contributed by atoms with Crippen LogP contribution in [0.2, 0.25) is 0 Å². The molecule has 0 spiro atoms. The summed E-state index contributed by atoms with van der Waals surface area (Å²) < 4.78 is 24.5. The summed E-state index contributed by atoms with van der Waals surface area (Å²) in [6, 6.07) is 23.8. The van der Waals surface area contributed by atoms with Crippen LogP contribution < -0.4 is 0 Å². The predicted molar refractivity (Wildman–Crippen MR) is 152 cm³/mol. The SMILES string of the molecule is CCOC(=O)CC1(c2ccc(-c3ccc(-c4onc(C)c4CC(C)CCc4cccc(F)c4)cc3)cc2)CC1. The van der Waals surface area contributed by atoms with Crippen LogP contribution in [0.4, 0.5) is 4.39 Å². The molecule has 202 valence electrons. The lowest BCUT2D eigenvalue weighted by atomic mass is 9.90. The Hall–Kier alpha value is -3.73. The van der Waals surface area contributed by atoms with Crippen molar-refractivity contribution in [2.45, 2.75) is 64.7 Å². The molecule has 1 unspecified atom stereocenters. The van der Waals surface area contributed by atoms with Crippen LogP contribution in [-0.4, -0.2) is 17.7 Å². The van der Waals surface area contributed by atoms with Gasteiger partial charge in [0.2, 0.25) is 0 Å². The largest absolute Gasteiger partial charge is 0.466 e. The van der Waals surface area contributed by atoms with Crippen LogP contribution in [0.5, 0.6) is 0 Å². The van der Waals surface area contributed by atoms with Gasteiger partial charge in [0.05, 0.1) is 18.7 Å². The number of ether oxygens (including phenoxy) is 1. The molecular formula is C34H36FNO3. The standard InChI is InChI=1S/C34H36FNO3/c1-4-38-32(37)22-34(18-19-34)29-16-14-27(15-17-29)26-10-12-28(13-11-26)33-31(24(3)36-39-33)20-23(2)8-9-25-6-5-7-30(35)21-25/h5-7,10-17,21,23H,4,8-9,18-20,22H2,1-3H3. The van der Waals surface area contributed by atoms with Crippen molar-refractivity contribution < 1.29 is 18.4 Å². The lowest BCUT2D eigenvalue weighted by molar-refractivity contribution is -0.143. The molecule has 0 saturated heterocycles. The summed E-state index contributed by atoms with van der Waals surface area (Å²) in [6.07, 6.45) is 5.18. The third kappa shape index (κ3) is 6.30. The van der Waals surface area contributed by atoms with E-state index in [1.54, 1.807) is 12.1 Å². The second-order valence-electron chi connectivity index (χ2n) is 11.0. The van der Waals surface area contributed by atoms with Gasteiger partial charge in [-0.15, -0.1) is 0 Å². The number of nitrogens with zero attached hydrogens (tertiary/aromatic N) is 1. The molecule has 1 saturated carbocycles. The number of aryl methyl sites for hydroxylation is 2. The smallest absolute Gasteiger partial charge is 0.306 e. The lowest BCUT2D eigenvalue weighted by Gasteiger charge is -2.15. The van der Waals surface area contributed by atoms with Gasteiger partial charge in [0.1, 0.15) is 5.82 Å². The van der Waals surface area contributed by atoms with E-state index in [1.807, 2.05) is 19.9 Å². The highest BCUT2D eigenvalue weighted by molar-refractivity contribution is 5.73. The fourth-order valence-electron chi connectivity index (χ4n) is 5.45. The number of carbonyl (C=O) groups excluding carboxylic acids is 1. The molecule has 1 fully saturated rings. The van der Waals surface area contributed by atoms with Gasteiger partial charge in [-0.1, -0.05) is 72.7 Å². The Morgan fingerprint density at radius 2 is 1.69 bits per heavy atom. The van der Waals surface area contributed by atoms with Crippen molar-refractivity contribution in [2.75, 3.05) is 6.61 Å². The predicted octanol–water partition coefficient (Wildman–Crippen LogP) is 8.25. The summed E-state index contributed by atoms with van der Waals surface area (Å²) in [5.74, 6) is 0.929. The van der Waals surface area contributed by atoms with Crippen molar-refractivity contribution in [2.24, 2.45) is 5.92 Å². The van der Waals surface area contributed by atoms with Crippen LogP contribution in [0.25, 0.3) is 22.5 Å². The molecule has 4 nitrogen and oxygen atoms in total. The summed E-state index contributed by atoms with van der Waals surface area (Å²) in [6.45, 7) is 6.49. The van der Waals surface area contributed by atoms with E-state index >= 15 is 0 Å². The minimum Gasteiger partial charge on any atom is -0.466 e. The summed E-state index contributed by atoms with van der Waals surface area (Å²) in [5.41, 5.74) is 7.51. The molecule has 0 radical (unpaired) electrons. The van der Waals surface area contributed by atoms with Crippen molar-refractivity contribution in [1.29, 1.82) is 0 Å². The molecule has 1 atom stereocenters. The fourth-order valence-corrected chi connectivity index (χ4v) is 5.45. The molecule has 5 heteroatoms. The monoisotopic (exact) mass is 525 g/mol. The third-order valence-corrected chi connectivity index (χ3v) is 7.97. The molecule has 0 aliphatic heterocycles. The Kier molecular flexibility index (Phi) is 7.97. The van der Waals surface area contributed by atoms with E-state index in [0.717, 1.165) is 71.4 Å². The average Bonchev–Trinajstić information content (AvgIpc) is 3.63. The van der Waals surface area contributed by atoms with Crippen molar-refractivity contribution >= 4 is 5.97 Å². The van der Waals surface area contributed by atoms with Gasteiger partial charge in [-0.25, -0.2) is 4.39 Å². The van der Waals surface area contributed by atoms with Crippen molar-refractivity contribution in [3.8, 4) is 22.5 Å². The van der Waals surface area contributed by atoms with E-state index in [9.17, 15) is 9.18 Å². The van der Waals surface area contributed by atoms with Crippen LogP contribution in [0, 0.1) is 18.7 Å². The zero-order chi connectivity index (χ0) is 27.4. The van der Waals surface area contributed by atoms with Crippen LogP contribution >= 0.6 is 0 Å². The second-order valence-corrected chi connectivity index (χ2v) is 11.0. The third-order valence-electron chi connectivity index (χ3n) is 7.97. The number of halogens is 1. The van der Waals surface area contributed by atoms with Gasteiger partial charge in [0.25, 0.3) is 0 Å². The normalized spacial score (nSPS) is 14.7. The maximum Gasteiger partial charge on any atom is 0.306 e. The first-order chi connectivity index (χ1) is 18.9. The summed E-state index contributed by atoms with van der Waals surface area (Å²) >= 11 is 0. The topological polar surface area (TPSA) is 52.3 Å². The maximum atomic E-state index is 13.5. The number of benzene rings is 3. The number of aromatic nitrogens is 1. The Morgan fingerprint density at radius 1 is 1.03 bits per heavy atom. The summed E-state index contributed by atoms with van der Waals surface area (Å²) in [7, 11) is 0. The highest BCUT2D eigenvalue weighted by Crippen LogP contribution is 2.51. The molecule has 1 heterocycles. The fraction of sp³-hybridized carbons (Fsp3) is 0.353. The van der Waals surface area contributed by atoms with Crippen LogP contribution in [-0.2, 0) is 27.8 Å². The molecule has 0 amide bonds. The van der Waals surface area contributed by atoms with Crippen LogP contribution in [0.1, 0.15) is 61.9 Å². The molecular weight excluding hydrogens is 489 g/mol. The van der Waals surface area contributed by atoms with E-state index in [1.165, 1.54) is 11.6 Å². The molecule has 1 aliphatic rings. The first-order valence-corrected chi connectivity index (χ1v) is 13.9. The van der Waals surface area contributed by atoms with Gasteiger partial charge in [-0.3, -0.25) is 4.79 Å². The van der Waals surface area contributed by atoms with Gasteiger partial charge in [0.15, 0.2) is 5.76 Å². The zero-order valence-corrected chi connectivity index (χ0v) is 23.0. The second kappa shape index (κ2) is 11.6. The van der Waals surface area contributed by atoms with Gasteiger partial charge in [-0.05, 0) is 86.3 Å². The van der Waals surface area contributed by atoms with E-state index in [4.69, 9.17) is 9.26 Å². The lowest BCUT2D eigenvalue weighted by Crippen LogP contribution is -2.15. The number of hydrogen-bond acceptors (Lipinski definition) is 4. The first-order valence-electron chi connectivity index (χ1n) is 13.9. The highest BCUT2D eigenvalue weighted by atomic mass is 19.1. The minimum atomic E-state index is -0.183. The Labute approximate surface area is 230 Å². The molecule has 5 rings (SSSR count).